The average Bonchev–Trinajstić information content (AvgIpc) is 2.80. The zero-order valence-electron chi connectivity index (χ0n) is 17.5. The van der Waals surface area contributed by atoms with Gasteiger partial charge in [-0.25, -0.2) is 14.1 Å². The first-order chi connectivity index (χ1) is 15.9. The summed E-state index contributed by atoms with van der Waals surface area (Å²) in [6, 6.07) is 16.9. The van der Waals surface area contributed by atoms with Gasteiger partial charge < -0.3 is 4.74 Å². The van der Waals surface area contributed by atoms with E-state index >= 15 is 0 Å². The summed E-state index contributed by atoms with van der Waals surface area (Å²) >= 11 is 6.47. The molecule has 1 aliphatic rings. The first-order valence-corrected chi connectivity index (χ1v) is 10.3. The van der Waals surface area contributed by atoms with Gasteiger partial charge in [-0.2, -0.15) is 0 Å². The highest BCUT2D eigenvalue weighted by molar-refractivity contribution is 6.39. The third-order valence-electron chi connectivity index (χ3n) is 5.15. The quantitative estimate of drug-likeness (QED) is 0.437. The van der Waals surface area contributed by atoms with Crippen molar-refractivity contribution in [1.82, 2.24) is 5.32 Å². The zero-order chi connectivity index (χ0) is 23.5. The normalized spacial score (nSPS) is 15.1. The SMILES string of the molecule is COc1cc(/C=C2\C(=O)NC(=O)N(c3ccccc3)C2=O)cc(Cl)c1Cc1ccccc1F. The summed E-state index contributed by atoms with van der Waals surface area (Å²) < 4.78 is 19.6. The minimum absolute atomic E-state index is 0.196. The number of urea groups is 1. The number of halogens is 2. The lowest BCUT2D eigenvalue weighted by Crippen LogP contribution is -2.54. The maximum atomic E-state index is 14.1. The highest BCUT2D eigenvalue weighted by Gasteiger charge is 2.36. The van der Waals surface area contributed by atoms with Gasteiger partial charge in [-0.05, 0) is 47.5 Å². The Balaban J connectivity index is 1.71. The van der Waals surface area contributed by atoms with Crippen molar-refractivity contribution in [2.45, 2.75) is 6.42 Å². The molecule has 0 aromatic heterocycles. The Bertz CT molecular complexity index is 1290. The molecule has 166 valence electrons. The Hall–Kier alpha value is -3.97. The number of carbonyl (C=O) groups excluding carboxylic acids is 3. The molecule has 33 heavy (non-hydrogen) atoms. The number of ether oxygens (including phenoxy) is 1. The van der Waals surface area contributed by atoms with Crippen LogP contribution in [0, 0.1) is 5.82 Å². The first-order valence-electron chi connectivity index (χ1n) is 9.95. The molecular formula is C25H18ClFN2O4. The number of hydrogen-bond donors (Lipinski definition) is 1. The Morgan fingerprint density at radius 3 is 2.42 bits per heavy atom. The van der Waals surface area contributed by atoms with Crippen LogP contribution in [0.3, 0.4) is 0 Å². The van der Waals surface area contributed by atoms with Gasteiger partial charge in [-0.1, -0.05) is 48.0 Å². The second-order valence-corrected chi connectivity index (χ2v) is 7.65. The van der Waals surface area contributed by atoms with E-state index in [-0.39, 0.29) is 22.8 Å². The van der Waals surface area contributed by atoms with E-state index in [1.807, 2.05) is 0 Å². The van der Waals surface area contributed by atoms with Gasteiger partial charge in [0.25, 0.3) is 11.8 Å². The number of imide groups is 2. The van der Waals surface area contributed by atoms with Crippen molar-refractivity contribution in [2.24, 2.45) is 0 Å². The summed E-state index contributed by atoms with van der Waals surface area (Å²) in [4.78, 5) is 38.6. The maximum Gasteiger partial charge on any atom is 0.335 e. The molecule has 4 amide bonds. The van der Waals surface area contributed by atoms with Gasteiger partial charge in [0.15, 0.2) is 0 Å². The fourth-order valence-corrected chi connectivity index (χ4v) is 3.82. The Morgan fingerprint density at radius 1 is 1.03 bits per heavy atom. The van der Waals surface area contributed by atoms with Gasteiger partial charge >= 0.3 is 6.03 Å². The number of benzene rings is 3. The van der Waals surface area contributed by atoms with Gasteiger partial charge in [0.05, 0.1) is 12.8 Å². The molecule has 1 N–H and O–H groups in total. The summed E-state index contributed by atoms with van der Waals surface area (Å²) in [6.07, 6.45) is 1.53. The van der Waals surface area contributed by atoms with Gasteiger partial charge in [-0.15, -0.1) is 0 Å². The predicted octanol–water partition coefficient (Wildman–Crippen LogP) is 4.74. The lowest BCUT2D eigenvalue weighted by Gasteiger charge is -2.26. The van der Waals surface area contributed by atoms with Crippen LogP contribution in [0.1, 0.15) is 16.7 Å². The molecule has 8 heteroatoms. The molecular weight excluding hydrogens is 447 g/mol. The molecule has 0 spiro atoms. The minimum atomic E-state index is -0.829. The van der Waals surface area contributed by atoms with E-state index in [0.29, 0.717) is 28.1 Å². The van der Waals surface area contributed by atoms with Crippen molar-refractivity contribution in [2.75, 3.05) is 12.0 Å². The van der Waals surface area contributed by atoms with Crippen LogP contribution in [-0.4, -0.2) is 25.0 Å². The Morgan fingerprint density at radius 2 is 1.73 bits per heavy atom. The van der Waals surface area contributed by atoms with Gasteiger partial charge in [-0.3, -0.25) is 14.9 Å². The Kier molecular flexibility index (Phi) is 6.24. The van der Waals surface area contributed by atoms with Gasteiger partial charge in [0.1, 0.15) is 17.1 Å². The molecule has 1 aliphatic heterocycles. The van der Waals surface area contributed by atoms with E-state index in [1.54, 1.807) is 60.7 Å². The van der Waals surface area contributed by atoms with Crippen LogP contribution in [0.4, 0.5) is 14.9 Å². The van der Waals surface area contributed by atoms with Crippen molar-refractivity contribution < 1.29 is 23.5 Å². The molecule has 0 bridgehead atoms. The average molecular weight is 465 g/mol. The summed E-state index contributed by atoms with van der Waals surface area (Å²) in [7, 11) is 1.45. The number of anilines is 1. The summed E-state index contributed by atoms with van der Waals surface area (Å²) in [6.45, 7) is 0. The summed E-state index contributed by atoms with van der Waals surface area (Å²) in [5.41, 5.74) is 1.51. The summed E-state index contributed by atoms with van der Waals surface area (Å²) in [5, 5.41) is 2.46. The van der Waals surface area contributed by atoms with E-state index in [9.17, 15) is 18.8 Å². The smallest absolute Gasteiger partial charge is 0.335 e. The standard InChI is InChI=1S/C25H18ClFN2O4/c1-33-22-13-15(12-20(26)18(22)14-16-7-5-6-10-21(16)27)11-19-23(30)28-25(32)29(24(19)31)17-8-3-2-4-9-17/h2-13H,14H2,1H3,(H,28,30,32)/b19-11+. The van der Waals surface area contributed by atoms with Crippen LogP contribution in [0.2, 0.25) is 5.02 Å². The number of amides is 4. The van der Waals surface area contributed by atoms with E-state index < -0.39 is 17.8 Å². The van der Waals surface area contributed by atoms with Crippen molar-refractivity contribution in [3.8, 4) is 5.75 Å². The van der Waals surface area contributed by atoms with E-state index in [2.05, 4.69) is 5.32 Å². The van der Waals surface area contributed by atoms with Gasteiger partial charge in [0.2, 0.25) is 0 Å². The van der Waals surface area contributed by atoms with Crippen molar-refractivity contribution >= 4 is 41.2 Å². The second kappa shape index (κ2) is 9.26. The largest absolute Gasteiger partial charge is 0.496 e. The fraction of sp³-hybridized carbons (Fsp3) is 0.0800. The minimum Gasteiger partial charge on any atom is -0.496 e. The third-order valence-corrected chi connectivity index (χ3v) is 5.49. The molecule has 1 fully saturated rings. The van der Waals surface area contributed by atoms with Crippen molar-refractivity contribution in [1.29, 1.82) is 0 Å². The predicted molar refractivity (Wildman–Crippen MR) is 123 cm³/mol. The molecule has 4 rings (SSSR count). The third kappa shape index (κ3) is 4.49. The maximum absolute atomic E-state index is 14.1. The molecule has 0 atom stereocenters. The van der Waals surface area contributed by atoms with Crippen LogP contribution >= 0.6 is 11.6 Å². The molecule has 3 aromatic carbocycles. The van der Waals surface area contributed by atoms with Crippen LogP contribution in [-0.2, 0) is 16.0 Å². The van der Waals surface area contributed by atoms with Crippen LogP contribution in [0.15, 0.2) is 72.3 Å². The number of hydrogen-bond acceptors (Lipinski definition) is 4. The molecule has 0 unspecified atom stereocenters. The fourth-order valence-electron chi connectivity index (χ4n) is 3.54. The number of nitrogens with one attached hydrogen (secondary N) is 1. The van der Waals surface area contributed by atoms with Crippen LogP contribution in [0.5, 0.6) is 5.75 Å². The topological polar surface area (TPSA) is 75.7 Å². The number of para-hydroxylation sites is 1. The number of carbonyl (C=O) groups is 3. The lowest BCUT2D eigenvalue weighted by atomic mass is 10.00. The van der Waals surface area contributed by atoms with Crippen molar-refractivity contribution in [3.63, 3.8) is 0 Å². The van der Waals surface area contributed by atoms with Gasteiger partial charge in [0, 0.05) is 17.0 Å². The Labute approximate surface area is 194 Å². The monoisotopic (exact) mass is 464 g/mol. The number of methoxy groups -OCH3 is 1. The molecule has 3 aromatic rings. The number of nitrogens with zero attached hydrogens (tertiary/aromatic N) is 1. The van der Waals surface area contributed by atoms with E-state index in [1.165, 1.54) is 19.3 Å². The first kappa shape index (κ1) is 22.2. The highest BCUT2D eigenvalue weighted by atomic mass is 35.5. The molecule has 0 saturated carbocycles. The number of rotatable bonds is 5. The van der Waals surface area contributed by atoms with Crippen molar-refractivity contribution in [3.05, 3.63) is 99.8 Å². The van der Waals surface area contributed by atoms with E-state index in [0.717, 1.165) is 4.90 Å². The second-order valence-electron chi connectivity index (χ2n) is 7.25. The molecule has 6 nitrogen and oxygen atoms in total. The zero-order valence-corrected chi connectivity index (χ0v) is 18.2. The highest BCUT2D eigenvalue weighted by Crippen LogP contribution is 2.33. The van der Waals surface area contributed by atoms with E-state index in [4.69, 9.17) is 16.3 Å². The summed E-state index contributed by atoms with van der Waals surface area (Å²) in [5.74, 6) is -1.57. The molecule has 0 radical (unpaired) electrons. The number of barbiturate groups is 1. The molecule has 1 saturated heterocycles. The molecule has 0 aliphatic carbocycles. The molecule has 1 heterocycles. The van der Waals surface area contributed by atoms with Crippen LogP contribution < -0.4 is 15.0 Å². The lowest BCUT2D eigenvalue weighted by molar-refractivity contribution is -0.122. The van der Waals surface area contributed by atoms with Crippen LogP contribution in [0.25, 0.3) is 6.08 Å².